The molecule has 114 valence electrons. The van der Waals surface area contributed by atoms with Crippen molar-refractivity contribution in [2.75, 3.05) is 12.5 Å². The number of hydrogen-bond acceptors (Lipinski definition) is 6. The average Bonchev–Trinajstić information content (AvgIpc) is 2.50. The van der Waals surface area contributed by atoms with Crippen molar-refractivity contribution >= 4 is 33.5 Å². The first-order chi connectivity index (χ1) is 10.5. The monoisotopic (exact) mass is 365 g/mol. The van der Waals surface area contributed by atoms with E-state index in [-0.39, 0.29) is 17.1 Å². The summed E-state index contributed by atoms with van der Waals surface area (Å²) in [6.45, 7) is 0. The molecule has 0 aliphatic carbocycles. The summed E-state index contributed by atoms with van der Waals surface area (Å²) in [5.41, 5.74) is 3.40. The number of aromatic hydroxyl groups is 1. The van der Waals surface area contributed by atoms with Crippen LogP contribution < -0.4 is 10.2 Å². The zero-order chi connectivity index (χ0) is 16.1. The minimum Gasteiger partial charge on any atom is -0.504 e. The number of phenols is 1. The van der Waals surface area contributed by atoms with Gasteiger partial charge in [-0.05, 0) is 34.1 Å². The van der Waals surface area contributed by atoms with Crippen LogP contribution in [-0.4, -0.2) is 23.4 Å². The maximum Gasteiger partial charge on any atom is 0.294 e. The molecule has 0 fully saturated rings. The fourth-order valence-corrected chi connectivity index (χ4v) is 2.15. The number of nitrogens with one attached hydrogen (secondary N) is 1. The summed E-state index contributed by atoms with van der Waals surface area (Å²) < 4.78 is 5.64. The average molecular weight is 366 g/mol. The molecule has 0 saturated heterocycles. The largest absolute Gasteiger partial charge is 0.504 e. The highest BCUT2D eigenvalue weighted by molar-refractivity contribution is 9.10. The number of para-hydroxylation sites is 2. The molecule has 0 saturated carbocycles. The quantitative estimate of drug-likeness (QED) is 0.480. The maximum absolute atomic E-state index is 10.9. The Morgan fingerprint density at radius 2 is 2.14 bits per heavy atom. The lowest BCUT2D eigenvalue weighted by molar-refractivity contribution is -0.384. The van der Waals surface area contributed by atoms with Crippen LogP contribution >= 0.6 is 15.9 Å². The lowest BCUT2D eigenvalue weighted by Crippen LogP contribution is -1.97. The third-order valence-electron chi connectivity index (χ3n) is 2.79. The second-order valence-electron chi connectivity index (χ2n) is 4.19. The summed E-state index contributed by atoms with van der Waals surface area (Å²) in [4.78, 5) is 10.4. The van der Waals surface area contributed by atoms with E-state index in [1.807, 2.05) is 0 Å². The van der Waals surface area contributed by atoms with Crippen LogP contribution in [0, 0.1) is 10.1 Å². The fourth-order valence-electron chi connectivity index (χ4n) is 1.72. The lowest BCUT2D eigenvalue weighted by Gasteiger charge is -2.06. The van der Waals surface area contributed by atoms with Crippen molar-refractivity contribution in [3.63, 3.8) is 0 Å². The van der Waals surface area contributed by atoms with Gasteiger partial charge < -0.3 is 9.84 Å². The van der Waals surface area contributed by atoms with Gasteiger partial charge in [-0.15, -0.1) is 0 Å². The Hall–Kier alpha value is -2.61. The number of hydrazone groups is 1. The highest BCUT2D eigenvalue weighted by atomic mass is 79.9. The number of rotatable bonds is 5. The Labute approximate surface area is 134 Å². The third kappa shape index (κ3) is 3.53. The van der Waals surface area contributed by atoms with Gasteiger partial charge in [-0.1, -0.05) is 12.1 Å². The Kier molecular flexibility index (Phi) is 4.95. The van der Waals surface area contributed by atoms with Gasteiger partial charge in [0.2, 0.25) is 0 Å². The Bertz CT molecular complexity index is 734. The zero-order valence-corrected chi connectivity index (χ0v) is 13.1. The van der Waals surface area contributed by atoms with E-state index in [9.17, 15) is 15.2 Å². The molecule has 2 aromatic carbocycles. The summed E-state index contributed by atoms with van der Waals surface area (Å²) in [7, 11) is 1.45. The van der Waals surface area contributed by atoms with Crippen LogP contribution in [0.2, 0.25) is 0 Å². The number of benzene rings is 2. The summed E-state index contributed by atoms with van der Waals surface area (Å²) in [6.07, 6.45) is 1.43. The van der Waals surface area contributed by atoms with E-state index in [1.165, 1.54) is 25.5 Å². The number of nitro benzene ring substituents is 1. The van der Waals surface area contributed by atoms with Gasteiger partial charge >= 0.3 is 0 Å². The van der Waals surface area contributed by atoms with Crippen molar-refractivity contribution in [2.45, 2.75) is 0 Å². The minimum absolute atomic E-state index is 0.0298. The topological polar surface area (TPSA) is 97.0 Å². The van der Waals surface area contributed by atoms with E-state index in [0.717, 1.165) is 0 Å². The molecule has 7 nitrogen and oxygen atoms in total. The minimum atomic E-state index is -0.493. The van der Waals surface area contributed by atoms with E-state index in [0.29, 0.717) is 15.8 Å². The van der Waals surface area contributed by atoms with Crippen molar-refractivity contribution in [1.82, 2.24) is 0 Å². The van der Waals surface area contributed by atoms with Crippen molar-refractivity contribution in [1.29, 1.82) is 0 Å². The summed E-state index contributed by atoms with van der Waals surface area (Å²) >= 11 is 3.33. The van der Waals surface area contributed by atoms with Crippen LogP contribution in [0.1, 0.15) is 5.56 Å². The van der Waals surface area contributed by atoms with Crippen molar-refractivity contribution in [2.24, 2.45) is 5.10 Å². The van der Waals surface area contributed by atoms with Gasteiger partial charge in [0.15, 0.2) is 11.5 Å². The Morgan fingerprint density at radius 1 is 1.41 bits per heavy atom. The first kappa shape index (κ1) is 15.8. The summed E-state index contributed by atoms with van der Waals surface area (Å²) in [5.74, 6) is 0.300. The molecule has 0 atom stereocenters. The SMILES string of the molecule is COc1cc(Br)c(/C=N\Nc2ccccc2[N+](=O)[O-])cc1O. The lowest BCUT2D eigenvalue weighted by atomic mass is 10.2. The predicted octanol–water partition coefficient (Wildman–Crippen LogP) is 3.52. The molecular formula is C14H12BrN3O4. The number of ether oxygens (including phenoxy) is 1. The molecule has 0 bridgehead atoms. The molecule has 8 heteroatoms. The second kappa shape index (κ2) is 6.90. The van der Waals surface area contributed by atoms with Gasteiger partial charge in [-0.2, -0.15) is 5.10 Å². The molecule has 0 heterocycles. The Balaban J connectivity index is 2.20. The van der Waals surface area contributed by atoms with Crippen LogP contribution in [0.25, 0.3) is 0 Å². The number of hydrogen-bond donors (Lipinski definition) is 2. The molecule has 0 radical (unpaired) electrons. The molecule has 0 aliphatic heterocycles. The van der Waals surface area contributed by atoms with Gasteiger partial charge in [-0.3, -0.25) is 15.5 Å². The van der Waals surface area contributed by atoms with Crippen LogP contribution in [0.15, 0.2) is 46.0 Å². The van der Waals surface area contributed by atoms with E-state index >= 15 is 0 Å². The number of nitro groups is 1. The van der Waals surface area contributed by atoms with Crippen molar-refractivity contribution in [3.8, 4) is 11.5 Å². The molecule has 2 N–H and O–H groups in total. The molecule has 2 aromatic rings. The standard InChI is InChI=1S/C14H12BrN3O4/c1-22-14-7-10(15)9(6-13(14)19)8-16-17-11-4-2-3-5-12(11)18(20)21/h2-8,17,19H,1H3/b16-8-. The summed E-state index contributed by atoms with van der Waals surface area (Å²) in [6, 6.07) is 9.24. The van der Waals surface area contributed by atoms with E-state index in [2.05, 4.69) is 26.5 Å². The highest BCUT2D eigenvalue weighted by Crippen LogP contribution is 2.31. The van der Waals surface area contributed by atoms with Crippen molar-refractivity contribution < 1.29 is 14.8 Å². The van der Waals surface area contributed by atoms with E-state index < -0.39 is 4.92 Å². The highest BCUT2D eigenvalue weighted by Gasteiger charge is 2.11. The van der Waals surface area contributed by atoms with Gasteiger partial charge in [0.05, 0.1) is 18.2 Å². The first-order valence-electron chi connectivity index (χ1n) is 6.12. The molecule has 0 aromatic heterocycles. The summed E-state index contributed by atoms with van der Waals surface area (Å²) in [5, 5.41) is 24.6. The second-order valence-corrected chi connectivity index (χ2v) is 5.04. The predicted molar refractivity (Wildman–Crippen MR) is 86.7 cm³/mol. The molecule has 0 aliphatic rings. The van der Waals surface area contributed by atoms with Crippen molar-refractivity contribution in [3.05, 3.63) is 56.5 Å². The maximum atomic E-state index is 10.9. The molecule has 0 spiro atoms. The number of methoxy groups -OCH3 is 1. The Morgan fingerprint density at radius 3 is 2.82 bits per heavy atom. The molecule has 22 heavy (non-hydrogen) atoms. The van der Waals surface area contributed by atoms with Crippen LogP contribution in [0.5, 0.6) is 11.5 Å². The number of nitrogens with zero attached hydrogens (tertiary/aromatic N) is 2. The number of phenolic OH excluding ortho intramolecular Hbond substituents is 1. The first-order valence-corrected chi connectivity index (χ1v) is 6.91. The van der Waals surface area contributed by atoms with Crippen LogP contribution in [0.4, 0.5) is 11.4 Å². The van der Waals surface area contributed by atoms with Crippen LogP contribution in [0.3, 0.4) is 0 Å². The molecule has 0 unspecified atom stereocenters. The smallest absolute Gasteiger partial charge is 0.294 e. The number of halogens is 1. The van der Waals surface area contributed by atoms with Gasteiger partial charge in [0.25, 0.3) is 5.69 Å². The van der Waals surface area contributed by atoms with E-state index in [1.54, 1.807) is 24.3 Å². The van der Waals surface area contributed by atoms with Gasteiger partial charge in [-0.25, -0.2) is 0 Å². The van der Waals surface area contributed by atoms with Gasteiger partial charge in [0.1, 0.15) is 5.69 Å². The molecule has 2 rings (SSSR count). The van der Waals surface area contributed by atoms with E-state index in [4.69, 9.17) is 4.74 Å². The third-order valence-corrected chi connectivity index (χ3v) is 3.47. The molecular weight excluding hydrogens is 354 g/mol. The number of anilines is 1. The zero-order valence-electron chi connectivity index (χ0n) is 11.5. The molecule has 0 amide bonds. The van der Waals surface area contributed by atoms with Gasteiger partial charge in [0, 0.05) is 16.1 Å². The normalized spacial score (nSPS) is 10.6. The van der Waals surface area contributed by atoms with Crippen LogP contribution in [-0.2, 0) is 0 Å². The fraction of sp³-hybridized carbons (Fsp3) is 0.0714.